The number of halogens is 2. The number of tetrazole rings is 1. The van der Waals surface area contributed by atoms with Crippen LogP contribution in [0.2, 0.25) is 5.02 Å². The molecule has 0 bridgehead atoms. The average molecular weight is 592 g/mol. The maximum Gasteiger partial charge on any atom is 0.411 e. The van der Waals surface area contributed by atoms with Crippen molar-refractivity contribution in [3.8, 4) is 39.7 Å². The Bertz CT molecular complexity index is 1840. The van der Waals surface area contributed by atoms with E-state index in [1.54, 1.807) is 29.0 Å². The fourth-order valence-electron chi connectivity index (χ4n) is 4.79. The van der Waals surface area contributed by atoms with E-state index < -0.39 is 18.1 Å². The number of imidazole rings is 1. The van der Waals surface area contributed by atoms with Crippen LogP contribution in [-0.4, -0.2) is 52.9 Å². The number of nitrogens with zero attached hydrogens (tertiary/aromatic N) is 7. The first-order valence-electron chi connectivity index (χ1n) is 12.8. The highest BCUT2D eigenvalue weighted by atomic mass is 35.5. The molecule has 1 aliphatic carbocycles. The van der Waals surface area contributed by atoms with Crippen molar-refractivity contribution in [1.82, 2.24) is 39.7 Å². The molecule has 0 aliphatic heterocycles. The Morgan fingerprint density at radius 3 is 2.74 bits per heavy atom. The molecule has 15 heteroatoms. The maximum atomic E-state index is 14.8. The van der Waals surface area contributed by atoms with Gasteiger partial charge in [-0.05, 0) is 47.0 Å². The van der Waals surface area contributed by atoms with Gasteiger partial charge in [0.05, 0.1) is 42.5 Å². The number of methoxy groups -OCH3 is 1. The Morgan fingerprint density at radius 1 is 1.21 bits per heavy atom. The van der Waals surface area contributed by atoms with Crippen molar-refractivity contribution in [3.63, 3.8) is 0 Å². The lowest BCUT2D eigenvalue weighted by Gasteiger charge is -2.21. The molecule has 6 rings (SSSR count). The molecule has 5 aromatic rings. The van der Waals surface area contributed by atoms with Gasteiger partial charge < -0.3 is 24.8 Å². The molecular weight excluding hydrogens is 569 g/mol. The van der Waals surface area contributed by atoms with Gasteiger partial charge in [0.25, 0.3) is 5.56 Å². The van der Waals surface area contributed by atoms with Gasteiger partial charge in [-0.15, -0.1) is 5.10 Å². The molecule has 42 heavy (non-hydrogen) atoms. The summed E-state index contributed by atoms with van der Waals surface area (Å²) in [6.07, 6.45) is 6.14. The highest BCUT2D eigenvalue weighted by Gasteiger charge is 2.30. The van der Waals surface area contributed by atoms with Crippen LogP contribution in [0.5, 0.6) is 11.6 Å². The van der Waals surface area contributed by atoms with Crippen molar-refractivity contribution in [3.05, 3.63) is 82.3 Å². The topological polar surface area (TPSA) is 169 Å². The van der Waals surface area contributed by atoms with Crippen LogP contribution in [0.25, 0.3) is 28.1 Å². The number of hydrogen-bond donors (Lipinski definition) is 2. The van der Waals surface area contributed by atoms with Crippen molar-refractivity contribution in [2.75, 3.05) is 7.11 Å². The number of aromatic amines is 1. The molecule has 0 spiro atoms. The van der Waals surface area contributed by atoms with Crippen molar-refractivity contribution in [2.45, 2.75) is 25.3 Å². The zero-order valence-electron chi connectivity index (χ0n) is 22.1. The smallest absolute Gasteiger partial charge is 0.411 e. The number of carbonyl (C=O) groups excluding carboxylic acids is 1. The van der Waals surface area contributed by atoms with Gasteiger partial charge in [0.15, 0.2) is 0 Å². The van der Waals surface area contributed by atoms with Crippen LogP contribution < -0.4 is 20.8 Å². The second-order valence-electron chi connectivity index (χ2n) is 9.70. The number of hydrogen-bond acceptors (Lipinski definition) is 9. The summed E-state index contributed by atoms with van der Waals surface area (Å²) in [7, 11) is 1.51. The van der Waals surface area contributed by atoms with E-state index in [4.69, 9.17) is 22.1 Å². The van der Waals surface area contributed by atoms with Crippen LogP contribution in [0.4, 0.5) is 9.18 Å². The van der Waals surface area contributed by atoms with Crippen molar-refractivity contribution in [2.24, 2.45) is 11.7 Å². The SMILES string of the molecule is COc1cn(C(CC2CC2)c2ncc(-c3ccc(OC(N)=O)nc3F)[nH]2)c(=O)cc1-c1cc(Cl)ccc1-n1cnnn1. The van der Waals surface area contributed by atoms with Gasteiger partial charge in [0, 0.05) is 28.3 Å². The summed E-state index contributed by atoms with van der Waals surface area (Å²) in [5.41, 5.74) is 6.82. The van der Waals surface area contributed by atoms with Crippen LogP contribution in [0.1, 0.15) is 31.1 Å². The van der Waals surface area contributed by atoms with Crippen LogP contribution in [0, 0.1) is 11.9 Å². The summed E-state index contributed by atoms with van der Waals surface area (Å²) < 4.78 is 28.2. The van der Waals surface area contributed by atoms with E-state index >= 15 is 0 Å². The van der Waals surface area contributed by atoms with E-state index in [-0.39, 0.29) is 17.0 Å². The number of benzene rings is 1. The Morgan fingerprint density at radius 2 is 2.05 bits per heavy atom. The zero-order valence-corrected chi connectivity index (χ0v) is 22.8. The summed E-state index contributed by atoms with van der Waals surface area (Å²) in [5, 5.41) is 11.8. The lowest BCUT2D eigenvalue weighted by atomic mass is 10.0. The van der Waals surface area contributed by atoms with E-state index in [1.165, 1.54) is 42.5 Å². The number of nitrogens with two attached hydrogens (primary N) is 1. The number of nitrogens with one attached hydrogen (secondary N) is 1. The molecule has 1 aliphatic rings. The third-order valence-electron chi connectivity index (χ3n) is 6.93. The molecule has 0 saturated heterocycles. The van der Waals surface area contributed by atoms with Crippen molar-refractivity contribution >= 4 is 17.7 Å². The van der Waals surface area contributed by atoms with Crippen LogP contribution in [-0.2, 0) is 0 Å². The van der Waals surface area contributed by atoms with E-state index in [0.717, 1.165) is 12.8 Å². The summed E-state index contributed by atoms with van der Waals surface area (Å²) in [6, 6.07) is 8.86. The third kappa shape index (κ3) is 5.43. The molecule has 1 amide bonds. The minimum absolute atomic E-state index is 0.104. The molecule has 13 nitrogen and oxygen atoms in total. The van der Waals surface area contributed by atoms with Gasteiger partial charge in [-0.3, -0.25) is 4.79 Å². The van der Waals surface area contributed by atoms with E-state index in [1.807, 2.05) is 0 Å². The van der Waals surface area contributed by atoms with Gasteiger partial charge in [-0.1, -0.05) is 24.4 Å². The summed E-state index contributed by atoms with van der Waals surface area (Å²) >= 11 is 6.33. The van der Waals surface area contributed by atoms with E-state index in [0.29, 0.717) is 51.4 Å². The average Bonchev–Trinajstić information content (AvgIpc) is 3.39. The second-order valence-corrected chi connectivity index (χ2v) is 10.1. The standard InChI is InChI=1S/C27H23ClFN9O4/c1-41-22-12-37(24(39)10-18(22)17-9-15(28)4-6-20(17)38-13-32-35-36-38)21(8-14-2-3-14)26-31-11-19(33-26)16-5-7-23(34-25(16)29)42-27(30)40/h4-7,9-14,21H,2-3,8H2,1H3,(H2,30,40)(H,31,33). The van der Waals surface area contributed by atoms with Gasteiger partial charge in [0.1, 0.15) is 17.9 Å². The number of pyridine rings is 2. The summed E-state index contributed by atoms with van der Waals surface area (Å²) in [4.78, 5) is 35.9. The number of ether oxygens (including phenoxy) is 2. The Balaban J connectivity index is 1.40. The van der Waals surface area contributed by atoms with Crippen LogP contribution in [0.15, 0.2) is 59.9 Å². The number of H-pyrrole nitrogens is 1. The third-order valence-corrected chi connectivity index (χ3v) is 7.16. The second kappa shape index (κ2) is 11.0. The number of primary amides is 1. The molecule has 4 heterocycles. The number of rotatable bonds is 9. The highest BCUT2D eigenvalue weighted by Crippen LogP contribution is 2.40. The molecule has 3 N–H and O–H groups in total. The fourth-order valence-corrected chi connectivity index (χ4v) is 4.96. The molecule has 0 radical (unpaired) electrons. The molecular formula is C27H23ClFN9O4. The molecule has 4 aromatic heterocycles. The molecule has 1 saturated carbocycles. The number of aromatic nitrogens is 8. The molecule has 1 atom stereocenters. The van der Waals surface area contributed by atoms with Gasteiger partial charge in [0.2, 0.25) is 11.8 Å². The first-order chi connectivity index (χ1) is 20.3. The lowest BCUT2D eigenvalue weighted by Crippen LogP contribution is -2.26. The minimum Gasteiger partial charge on any atom is -0.495 e. The quantitative estimate of drug-likeness (QED) is 0.241. The maximum absolute atomic E-state index is 14.8. The van der Waals surface area contributed by atoms with Crippen LogP contribution in [0.3, 0.4) is 0 Å². The largest absolute Gasteiger partial charge is 0.495 e. The van der Waals surface area contributed by atoms with E-state index in [2.05, 4.69) is 35.2 Å². The Labute approximate surface area is 242 Å². The molecule has 1 unspecified atom stereocenters. The normalized spacial score (nSPS) is 13.6. The van der Waals surface area contributed by atoms with Gasteiger partial charge >= 0.3 is 6.09 Å². The highest BCUT2D eigenvalue weighted by molar-refractivity contribution is 6.31. The first kappa shape index (κ1) is 27.1. The minimum atomic E-state index is -1.10. The first-order valence-corrected chi connectivity index (χ1v) is 13.2. The Hall–Kier alpha value is -5.11. The van der Waals surface area contributed by atoms with Gasteiger partial charge in [-0.25, -0.2) is 9.78 Å². The number of carbonyl (C=O) groups is 1. The van der Waals surface area contributed by atoms with E-state index in [9.17, 15) is 14.0 Å². The monoisotopic (exact) mass is 591 g/mol. The van der Waals surface area contributed by atoms with Crippen molar-refractivity contribution < 1.29 is 18.7 Å². The van der Waals surface area contributed by atoms with Crippen molar-refractivity contribution in [1.29, 1.82) is 0 Å². The van der Waals surface area contributed by atoms with Gasteiger partial charge in [-0.2, -0.15) is 14.1 Å². The summed E-state index contributed by atoms with van der Waals surface area (Å²) in [6.45, 7) is 0. The molecule has 1 fully saturated rings. The van der Waals surface area contributed by atoms with Crippen LogP contribution >= 0.6 is 11.6 Å². The fraction of sp³-hybridized carbons (Fsp3) is 0.222. The number of amides is 1. The Kier molecular flexibility index (Phi) is 7.12. The predicted octanol–water partition coefficient (Wildman–Crippen LogP) is 3.92. The molecule has 1 aromatic carbocycles. The molecule has 214 valence electrons. The predicted molar refractivity (Wildman–Crippen MR) is 148 cm³/mol. The zero-order chi connectivity index (χ0) is 29.4. The lowest BCUT2D eigenvalue weighted by molar-refractivity contribution is 0.208. The summed E-state index contributed by atoms with van der Waals surface area (Å²) in [5.74, 6) is 0.133.